The molecular formula is C14H19NO. The molecular weight excluding hydrogens is 198 g/mol. The van der Waals surface area contributed by atoms with Gasteiger partial charge in [0.25, 0.3) is 0 Å². The van der Waals surface area contributed by atoms with E-state index < -0.39 is 0 Å². The van der Waals surface area contributed by atoms with Crippen LogP contribution in [-0.4, -0.2) is 6.61 Å². The fraction of sp³-hybridized carbons (Fsp3) is 0.500. The molecule has 16 heavy (non-hydrogen) atoms. The lowest BCUT2D eigenvalue weighted by atomic mass is 10.0. The summed E-state index contributed by atoms with van der Waals surface area (Å²) >= 11 is 0. The van der Waals surface area contributed by atoms with Crippen LogP contribution in [0.15, 0.2) is 18.2 Å². The van der Waals surface area contributed by atoms with Crippen LogP contribution in [0.1, 0.15) is 44.4 Å². The first-order valence-corrected chi connectivity index (χ1v) is 5.85. The molecule has 0 heterocycles. The summed E-state index contributed by atoms with van der Waals surface area (Å²) in [5.41, 5.74) is 2.30. The average Bonchev–Trinajstić information content (AvgIpc) is 2.31. The summed E-state index contributed by atoms with van der Waals surface area (Å²) in [6.07, 6.45) is 2.18. The number of hydrogen-bond acceptors (Lipinski definition) is 1. The number of nitrogens with zero attached hydrogens (tertiary/aromatic N) is 1. The second kappa shape index (κ2) is 6.17. The molecule has 0 radical (unpaired) electrons. The first kappa shape index (κ1) is 12.6. The van der Waals surface area contributed by atoms with Gasteiger partial charge in [-0.15, -0.1) is 0 Å². The molecule has 0 amide bonds. The Morgan fingerprint density at radius 3 is 2.69 bits per heavy atom. The SMILES string of the molecule is [C-]#[N+]C(C)c1cc(CCC)ccc1OCC. The molecule has 0 spiro atoms. The van der Waals surface area contributed by atoms with Gasteiger partial charge < -0.3 is 9.58 Å². The topological polar surface area (TPSA) is 13.6 Å². The molecule has 1 atom stereocenters. The van der Waals surface area contributed by atoms with Gasteiger partial charge in [-0.2, -0.15) is 0 Å². The third-order valence-corrected chi connectivity index (χ3v) is 2.56. The fourth-order valence-corrected chi connectivity index (χ4v) is 1.73. The predicted molar refractivity (Wildman–Crippen MR) is 66.6 cm³/mol. The molecule has 0 saturated heterocycles. The molecule has 86 valence electrons. The van der Waals surface area contributed by atoms with Crippen LogP contribution in [0.2, 0.25) is 0 Å². The van der Waals surface area contributed by atoms with Crippen molar-refractivity contribution in [2.24, 2.45) is 0 Å². The quantitative estimate of drug-likeness (QED) is 0.679. The normalized spacial score (nSPS) is 11.9. The summed E-state index contributed by atoms with van der Waals surface area (Å²) in [5, 5.41) is 0. The number of hydrogen-bond donors (Lipinski definition) is 0. The highest BCUT2D eigenvalue weighted by Gasteiger charge is 2.15. The molecule has 1 unspecified atom stereocenters. The molecule has 0 aliphatic carbocycles. The van der Waals surface area contributed by atoms with Crippen molar-refractivity contribution >= 4 is 0 Å². The maximum atomic E-state index is 7.12. The van der Waals surface area contributed by atoms with Crippen molar-refractivity contribution in [3.05, 3.63) is 40.7 Å². The highest BCUT2D eigenvalue weighted by Crippen LogP contribution is 2.29. The highest BCUT2D eigenvalue weighted by atomic mass is 16.5. The van der Waals surface area contributed by atoms with Crippen LogP contribution >= 0.6 is 0 Å². The van der Waals surface area contributed by atoms with E-state index in [1.165, 1.54) is 5.56 Å². The molecule has 1 rings (SSSR count). The highest BCUT2D eigenvalue weighted by molar-refractivity contribution is 5.40. The van der Waals surface area contributed by atoms with Crippen LogP contribution < -0.4 is 4.74 Å². The number of ether oxygens (including phenoxy) is 1. The zero-order valence-corrected chi connectivity index (χ0v) is 10.3. The minimum atomic E-state index is -0.127. The zero-order chi connectivity index (χ0) is 12.0. The van der Waals surface area contributed by atoms with Gasteiger partial charge >= 0.3 is 0 Å². The van der Waals surface area contributed by atoms with E-state index in [1.54, 1.807) is 0 Å². The minimum absolute atomic E-state index is 0.127. The fourth-order valence-electron chi connectivity index (χ4n) is 1.73. The summed E-state index contributed by atoms with van der Waals surface area (Å²) in [6, 6.07) is 6.07. The third-order valence-electron chi connectivity index (χ3n) is 2.56. The van der Waals surface area contributed by atoms with Gasteiger partial charge in [0.05, 0.1) is 12.2 Å². The van der Waals surface area contributed by atoms with E-state index in [9.17, 15) is 0 Å². The predicted octanol–water partition coefficient (Wildman–Crippen LogP) is 4.02. The monoisotopic (exact) mass is 217 g/mol. The third kappa shape index (κ3) is 3.00. The Hall–Kier alpha value is -1.49. The maximum Gasteiger partial charge on any atom is 0.249 e. The lowest BCUT2D eigenvalue weighted by Gasteiger charge is -2.11. The maximum absolute atomic E-state index is 7.12. The van der Waals surface area contributed by atoms with Gasteiger partial charge in [-0.1, -0.05) is 19.4 Å². The summed E-state index contributed by atoms with van der Waals surface area (Å²) in [7, 11) is 0. The van der Waals surface area contributed by atoms with Gasteiger partial charge in [-0.05, 0) is 31.0 Å². The second-order valence-corrected chi connectivity index (χ2v) is 3.86. The van der Waals surface area contributed by atoms with E-state index in [1.807, 2.05) is 19.9 Å². The summed E-state index contributed by atoms with van der Waals surface area (Å²) in [6.45, 7) is 13.8. The van der Waals surface area contributed by atoms with Gasteiger partial charge in [0.1, 0.15) is 5.75 Å². The summed E-state index contributed by atoms with van der Waals surface area (Å²) < 4.78 is 5.55. The van der Waals surface area contributed by atoms with E-state index in [-0.39, 0.29) is 6.04 Å². The smallest absolute Gasteiger partial charge is 0.249 e. The van der Waals surface area contributed by atoms with Crippen molar-refractivity contribution in [2.75, 3.05) is 6.61 Å². The van der Waals surface area contributed by atoms with Crippen LogP contribution in [0.5, 0.6) is 5.75 Å². The van der Waals surface area contributed by atoms with Crippen LogP contribution in [-0.2, 0) is 6.42 Å². The Morgan fingerprint density at radius 2 is 2.12 bits per heavy atom. The van der Waals surface area contributed by atoms with E-state index in [4.69, 9.17) is 11.3 Å². The second-order valence-electron chi connectivity index (χ2n) is 3.86. The van der Waals surface area contributed by atoms with Crippen LogP contribution in [0.25, 0.3) is 4.85 Å². The summed E-state index contributed by atoms with van der Waals surface area (Å²) in [4.78, 5) is 3.57. The van der Waals surface area contributed by atoms with E-state index in [0.29, 0.717) is 6.61 Å². The van der Waals surface area contributed by atoms with E-state index in [0.717, 1.165) is 24.2 Å². The Morgan fingerprint density at radius 1 is 1.38 bits per heavy atom. The van der Waals surface area contributed by atoms with Crippen molar-refractivity contribution in [2.45, 2.75) is 39.7 Å². The van der Waals surface area contributed by atoms with Crippen molar-refractivity contribution in [1.29, 1.82) is 0 Å². The van der Waals surface area contributed by atoms with Crippen LogP contribution in [0.3, 0.4) is 0 Å². The Bertz CT molecular complexity index is 379. The minimum Gasteiger partial charge on any atom is -0.493 e. The number of benzene rings is 1. The summed E-state index contributed by atoms with van der Waals surface area (Å²) in [5.74, 6) is 0.853. The van der Waals surface area contributed by atoms with Gasteiger partial charge in [-0.25, -0.2) is 6.57 Å². The average molecular weight is 217 g/mol. The van der Waals surface area contributed by atoms with Gasteiger partial charge in [0.15, 0.2) is 0 Å². The van der Waals surface area contributed by atoms with E-state index in [2.05, 4.69) is 23.9 Å². The lowest BCUT2D eigenvalue weighted by Crippen LogP contribution is -1.99. The Balaban J connectivity index is 3.06. The zero-order valence-electron chi connectivity index (χ0n) is 10.3. The molecule has 0 saturated carbocycles. The molecule has 1 aromatic carbocycles. The molecule has 0 fully saturated rings. The Kier molecular flexibility index (Phi) is 4.85. The van der Waals surface area contributed by atoms with Gasteiger partial charge in [0, 0.05) is 6.92 Å². The molecule has 0 bridgehead atoms. The van der Waals surface area contributed by atoms with Crippen LogP contribution in [0, 0.1) is 6.57 Å². The van der Waals surface area contributed by atoms with Gasteiger partial charge in [-0.3, -0.25) is 0 Å². The van der Waals surface area contributed by atoms with Crippen molar-refractivity contribution < 1.29 is 4.74 Å². The van der Waals surface area contributed by atoms with Crippen molar-refractivity contribution in [3.8, 4) is 5.75 Å². The molecule has 2 nitrogen and oxygen atoms in total. The largest absolute Gasteiger partial charge is 0.493 e. The first-order valence-electron chi connectivity index (χ1n) is 5.85. The molecule has 2 heteroatoms. The van der Waals surface area contributed by atoms with Crippen LogP contribution in [0.4, 0.5) is 0 Å². The van der Waals surface area contributed by atoms with Crippen molar-refractivity contribution in [1.82, 2.24) is 0 Å². The number of rotatable bonds is 5. The molecule has 0 aliphatic heterocycles. The van der Waals surface area contributed by atoms with Gasteiger partial charge in [0.2, 0.25) is 6.04 Å². The molecule has 0 aromatic heterocycles. The lowest BCUT2D eigenvalue weighted by molar-refractivity contribution is 0.335. The Labute approximate surface area is 98.1 Å². The molecule has 0 N–H and O–H groups in total. The van der Waals surface area contributed by atoms with Crippen molar-refractivity contribution in [3.63, 3.8) is 0 Å². The standard InChI is InChI=1S/C14H19NO/c1-5-7-12-8-9-14(16-6-2)13(10-12)11(3)15-4/h8-11H,5-7H2,1-3H3. The van der Waals surface area contributed by atoms with E-state index >= 15 is 0 Å². The first-order chi connectivity index (χ1) is 7.72. The molecule has 1 aromatic rings. The molecule has 0 aliphatic rings. The number of aryl methyl sites for hydroxylation is 1.